The SMILES string of the molecule is COc1cc(C2=NC(C)(C)C(=O)N2)ccc1O. The summed E-state index contributed by atoms with van der Waals surface area (Å²) in [5, 5.41) is 12.2. The third-order valence-corrected chi connectivity index (χ3v) is 2.63. The quantitative estimate of drug-likeness (QED) is 0.803. The monoisotopic (exact) mass is 234 g/mol. The number of amides is 1. The lowest BCUT2D eigenvalue weighted by Crippen LogP contribution is -2.34. The summed E-state index contributed by atoms with van der Waals surface area (Å²) in [6.45, 7) is 3.49. The maximum absolute atomic E-state index is 11.6. The first-order valence-electron chi connectivity index (χ1n) is 5.23. The number of amidine groups is 1. The van der Waals surface area contributed by atoms with Crippen molar-refractivity contribution < 1.29 is 14.6 Å². The minimum atomic E-state index is -0.750. The molecule has 0 aliphatic carbocycles. The van der Waals surface area contributed by atoms with E-state index in [0.717, 1.165) is 0 Å². The second-order valence-corrected chi connectivity index (χ2v) is 4.36. The molecule has 1 heterocycles. The highest BCUT2D eigenvalue weighted by molar-refractivity contribution is 6.15. The van der Waals surface area contributed by atoms with Crippen LogP contribution in [-0.4, -0.2) is 29.5 Å². The van der Waals surface area contributed by atoms with Gasteiger partial charge in [-0.1, -0.05) is 0 Å². The molecule has 0 atom stereocenters. The minimum Gasteiger partial charge on any atom is -0.504 e. The van der Waals surface area contributed by atoms with Crippen LogP contribution in [0.2, 0.25) is 0 Å². The third-order valence-electron chi connectivity index (χ3n) is 2.63. The van der Waals surface area contributed by atoms with Gasteiger partial charge in [-0.05, 0) is 32.0 Å². The molecule has 0 bridgehead atoms. The molecule has 2 rings (SSSR count). The Morgan fingerprint density at radius 2 is 2.12 bits per heavy atom. The van der Waals surface area contributed by atoms with Gasteiger partial charge in [0.1, 0.15) is 11.4 Å². The van der Waals surface area contributed by atoms with Crippen LogP contribution < -0.4 is 10.1 Å². The van der Waals surface area contributed by atoms with E-state index in [9.17, 15) is 9.90 Å². The number of nitrogens with zero attached hydrogens (tertiary/aromatic N) is 1. The van der Waals surface area contributed by atoms with Gasteiger partial charge in [0, 0.05) is 5.56 Å². The fraction of sp³-hybridized carbons (Fsp3) is 0.333. The molecular weight excluding hydrogens is 220 g/mol. The van der Waals surface area contributed by atoms with Crippen LogP contribution in [0.25, 0.3) is 0 Å². The van der Waals surface area contributed by atoms with E-state index in [2.05, 4.69) is 10.3 Å². The van der Waals surface area contributed by atoms with E-state index in [-0.39, 0.29) is 11.7 Å². The molecule has 0 aromatic heterocycles. The molecule has 5 heteroatoms. The van der Waals surface area contributed by atoms with Gasteiger partial charge in [0.15, 0.2) is 11.5 Å². The van der Waals surface area contributed by atoms with Crippen LogP contribution in [0.3, 0.4) is 0 Å². The number of aromatic hydroxyl groups is 1. The van der Waals surface area contributed by atoms with Crippen LogP contribution in [0.1, 0.15) is 19.4 Å². The summed E-state index contributed by atoms with van der Waals surface area (Å²) in [7, 11) is 1.47. The fourth-order valence-corrected chi connectivity index (χ4v) is 1.58. The highest BCUT2D eigenvalue weighted by Crippen LogP contribution is 2.27. The number of methoxy groups -OCH3 is 1. The summed E-state index contributed by atoms with van der Waals surface area (Å²) in [6.07, 6.45) is 0. The molecule has 2 N–H and O–H groups in total. The van der Waals surface area contributed by atoms with E-state index in [4.69, 9.17) is 4.74 Å². The first kappa shape index (κ1) is 11.4. The van der Waals surface area contributed by atoms with Gasteiger partial charge in [0.2, 0.25) is 0 Å². The topological polar surface area (TPSA) is 70.9 Å². The lowest BCUT2D eigenvalue weighted by Gasteiger charge is -2.07. The first-order chi connectivity index (χ1) is 7.94. The summed E-state index contributed by atoms with van der Waals surface area (Å²) in [5.74, 6) is 0.766. The Kier molecular flexibility index (Phi) is 2.53. The molecule has 0 saturated carbocycles. The number of hydrogen-bond donors (Lipinski definition) is 2. The lowest BCUT2D eigenvalue weighted by molar-refractivity contribution is -0.122. The minimum absolute atomic E-state index is 0.0560. The zero-order valence-corrected chi connectivity index (χ0v) is 9.94. The van der Waals surface area contributed by atoms with Gasteiger partial charge < -0.3 is 15.2 Å². The highest BCUT2D eigenvalue weighted by Gasteiger charge is 2.34. The molecule has 1 aromatic carbocycles. The summed E-state index contributed by atoms with van der Waals surface area (Å²) in [6, 6.07) is 4.82. The number of hydrogen-bond acceptors (Lipinski definition) is 4. The van der Waals surface area contributed by atoms with Crippen LogP contribution >= 0.6 is 0 Å². The van der Waals surface area contributed by atoms with Crippen LogP contribution in [0.4, 0.5) is 0 Å². The number of aliphatic imine (C=N–C) groups is 1. The fourth-order valence-electron chi connectivity index (χ4n) is 1.58. The van der Waals surface area contributed by atoms with Gasteiger partial charge >= 0.3 is 0 Å². The molecule has 90 valence electrons. The number of phenols is 1. The van der Waals surface area contributed by atoms with Crippen molar-refractivity contribution in [2.24, 2.45) is 4.99 Å². The number of phenolic OH excluding ortho intramolecular Hbond substituents is 1. The molecule has 0 saturated heterocycles. The second kappa shape index (κ2) is 3.76. The lowest BCUT2D eigenvalue weighted by atomic mass is 10.1. The number of ether oxygens (including phenoxy) is 1. The average molecular weight is 234 g/mol. The number of carbonyl (C=O) groups excluding carboxylic acids is 1. The van der Waals surface area contributed by atoms with Crippen molar-refractivity contribution >= 4 is 11.7 Å². The van der Waals surface area contributed by atoms with Crippen molar-refractivity contribution in [2.75, 3.05) is 7.11 Å². The number of carbonyl (C=O) groups is 1. The summed E-state index contributed by atoms with van der Waals surface area (Å²) < 4.78 is 5.01. The smallest absolute Gasteiger partial charge is 0.252 e. The first-order valence-corrected chi connectivity index (χ1v) is 5.23. The van der Waals surface area contributed by atoms with Crippen molar-refractivity contribution in [3.8, 4) is 11.5 Å². The second-order valence-electron chi connectivity index (χ2n) is 4.36. The van der Waals surface area contributed by atoms with E-state index in [0.29, 0.717) is 17.1 Å². The summed E-state index contributed by atoms with van der Waals surface area (Å²) in [4.78, 5) is 15.9. The molecule has 0 spiro atoms. The van der Waals surface area contributed by atoms with Gasteiger partial charge in [-0.15, -0.1) is 0 Å². The molecule has 0 unspecified atom stereocenters. The van der Waals surface area contributed by atoms with Crippen LogP contribution in [0, 0.1) is 0 Å². The zero-order valence-electron chi connectivity index (χ0n) is 9.94. The Morgan fingerprint density at radius 3 is 2.65 bits per heavy atom. The molecule has 0 radical (unpaired) electrons. The maximum Gasteiger partial charge on any atom is 0.252 e. The molecule has 5 nitrogen and oxygen atoms in total. The number of rotatable bonds is 2. The normalized spacial score (nSPS) is 17.6. The van der Waals surface area contributed by atoms with Crippen molar-refractivity contribution in [1.29, 1.82) is 0 Å². The van der Waals surface area contributed by atoms with Crippen molar-refractivity contribution in [3.63, 3.8) is 0 Å². The van der Waals surface area contributed by atoms with E-state index < -0.39 is 5.54 Å². The predicted molar refractivity (Wildman–Crippen MR) is 63.4 cm³/mol. The van der Waals surface area contributed by atoms with Crippen molar-refractivity contribution in [3.05, 3.63) is 23.8 Å². The van der Waals surface area contributed by atoms with Gasteiger partial charge in [-0.3, -0.25) is 9.79 Å². The predicted octanol–water partition coefficient (Wildman–Crippen LogP) is 1.06. The van der Waals surface area contributed by atoms with Crippen molar-refractivity contribution in [2.45, 2.75) is 19.4 Å². The molecule has 1 aliphatic heterocycles. The molecular formula is C12H14N2O3. The standard InChI is InChI=1S/C12H14N2O3/c1-12(2)11(16)13-10(14-12)7-4-5-8(15)9(6-7)17-3/h4-6,15H,1-3H3,(H,13,14,16). The number of benzene rings is 1. The Labute approximate surface area is 99.1 Å². The average Bonchev–Trinajstić information content (AvgIpc) is 2.54. The van der Waals surface area contributed by atoms with Crippen LogP contribution in [0.15, 0.2) is 23.2 Å². The Bertz CT molecular complexity index is 506. The Balaban J connectivity index is 2.40. The molecule has 1 aliphatic rings. The van der Waals surface area contributed by atoms with E-state index in [1.165, 1.54) is 13.2 Å². The van der Waals surface area contributed by atoms with E-state index >= 15 is 0 Å². The molecule has 1 amide bonds. The largest absolute Gasteiger partial charge is 0.504 e. The van der Waals surface area contributed by atoms with Crippen LogP contribution in [-0.2, 0) is 4.79 Å². The van der Waals surface area contributed by atoms with Gasteiger partial charge in [-0.25, -0.2) is 0 Å². The van der Waals surface area contributed by atoms with E-state index in [1.54, 1.807) is 26.0 Å². The maximum atomic E-state index is 11.6. The Hall–Kier alpha value is -2.04. The summed E-state index contributed by atoms with van der Waals surface area (Å²) >= 11 is 0. The van der Waals surface area contributed by atoms with Crippen LogP contribution in [0.5, 0.6) is 11.5 Å². The van der Waals surface area contributed by atoms with Crippen molar-refractivity contribution in [1.82, 2.24) is 5.32 Å². The summed E-state index contributed by atoms with van der Waals surface area (Å²) in [5.41, 5.74) is -0.0425. The van der Waals surface area contributed by atoms with Gasteiger partial charge in [0.25, 0.3) is 5.91 Å². The van der Waals surface area contributed by atoms with Gasteiger partial charge in [-0.2, -0.15) is 0 Å². The van der Waals surface area contributed by atoms with E-state index in [1.807, 2.05) is 0 Å². The Morgan fingerprint density at radius 1 is 1.41 bits per heavy atom. The molecule has 0 fully saturated rings. The zero-order chi connectivity index (χ0) is 12.6. The number of nitrogens with one attached hydrogen (secondary N) is 1. The third kappa shape index (κ3) is 1.95. The highest BCUT2D eigenvalue weighted by atomic mass is 16.5. The molecule has 1 aromatic rings. The van der Waals surface area contributed by atoms with Gasteiger partial charge in [0.05, 0.1) is 7.11 Å². The molecule has 17 heavy (non-hydrogen) atoms.